The molecule has 4 nitrogen and oxygen atoms in total. The summed E-state index contributed by atoms with van der Waals surface area (Å²) in [6.07, 6.45) is 0. The van der Waals surface area contributed by atoms with E-state index in [1.807, 2.05) is 11.9 Å². The third-order valence-corrected chi connectivity index (χ3v) is 2.24. The quantitative estimate of drug-likeness (QED) is 0.683. The summed E-state index contributed by atoms with van der Waals surface area (Å²) >= 11 is 1.48. The molecule has 0 aliphatic rings. The van der Waals surface area contributed by atoms with E-state index >= 15 is 0 Å². The fraction of sp³-hybridized carbons (Fsp3) is 0.500. The molecule has 0 radical (unpaired) electrons. The molecule has 0 aliphatic heterocycles. The van der Waals surface area contributed by atoms with Crippen LogP contribution in [0, 0.1) is 0 Å². The summed E-state index contributed by atoms with van der Waals surface area (Å²) in [6.45, 7) is 0.725. The number of nitrogen functional groups attached to an aromatic ring is 1. The van der Waals surface area contributed by atoms with Crippen LogP contribution in [0.15, 0.2) is 5.38 Å². The molecule has 0 bridgehead atoms. The SMILES string of the molecule is CN(CCO)c1nc(N)cs1. The number of anilines is 2. The molecule has 1 aromatic heterocycles. The van der Waals surface area contributed by atoms with Gasteiger partial charge in [-0.1, -0.05) is 0 Å². The smallest absolute Gasteiger partial charge is 0.187 e. The Kier molecular flexibility index (Phi) is 2.67. The van der Waals surface area contributed by atoms with Crippen molar-refractivity contribution in [3.05, 3.63) is 5.38 Å². The van der Waals surface area contributed by atoms with Gasteiger partial charge in [0.2, 0.25) is 0 Å². The van der Waals surface area contributed by atoms with Gasteiger partial charge in [-0.3, -0.25) is 0 Å². The molecule has 1 aromatic rings. The monoisotopic (exact) mass is 173 g/mol. The number of hydrogen-bond acceptors (Lipinski definition) is 5. The Hall–Kier alpha value is -0.810. The zero-order chi connectivity index (χ0) is 8.27. The molecule has 5 heteroatoms. The van der Waals surface area contributed by atoms with Gasteiger partial charge in [-0.05, 0) is 0 Å². The van der Waals surface area contributed by atoms with Crippen LogP contribution < -0.4 is 10.6 Å². The predicted molar refractivity (Wildman–Crippen MR) is 46.9 cm³/mol. The van der Waals surface area contributed by atoms with Crippen molar-refractivity contribution < 1.29 is 5.11 Å². The first-order chi connectivity index (χ1) is 5.24. The first kappa shape index (κ1) is 8.29. The summed E-state index contributed by atoms with van der Waals surface area (Å²) in [5, 5.41) is 11.2. The average molecular weight is 173 g/mol. The lowest BCUT2D eigenvalue weighted by Crippen LogP contribution is -2.20. The van der Waals surface area contributed by atoms with Crippen LogP contribution in [0.3, 0.4) is 0 Å². The van der Waals surface area contributed by atoms with E-state index in [2.05, 4.69) is 4.98 Å². The molecule has 1 rings (SSSR count). The van der Waals surface area contributed by atoms with Gasteiger partial charge >= 0.3 is 0 Å². The third-order valence-electron chi connectivity index (χ3n) is 1.27. The average Bonchev–Trinajstić information content (AvgIpc) is 2.36. The van der Waals surface area contributed by atoms with Crippen LogP contribution in [-0.2, 0) is 0 Å². The number of thiazole rings is 1. The normalized spacial score (nSPS) is 10.0. The van der Waals surface area contributed by atoms with Crippen molar-refractivity contribution in [3.63, 3.8) is 0 Å². The number of aliphatic hydroxyl groups is 1. The van der Waals surface area contributed by atoms with Crippen molar-refractivity contribution in [1.82, 2.24) is 4.98 Å². The number of nitrogens with zero attached hydrogens (tertiary/aromatic N) is 2. The van der Waals surface area contributed by atoms with Crippen molar-refractivity contribution >= 4 is 22.3 Å². The van der Waals surface area contributed by atoms with Crippen LogP contribution in [0.2, 0.25) is 0 Å². The lowest BCUT2D eigenvalue weighted by molar-refractivity contribution is 0.304. The maximum Gasteiger partial charge on any atom is 0.187 e. The summed E-state index contributed by atoms with van der Waals surface area (Å²) in [6, 6.07) is 0. The molecule has 0 spiro atoms. The lowest BCUT2D eigenvalue weighted by atomic mass is 10.6. The summed E-state index contributed by atoms with van der Waals surface area (Å²) in [7, 11) is 1.87. The molecule has 0 saturated heterocycles. The van der Waals surface area contributed by atoms with E-state index in [1.54, 1.807) is 5.38 Å². The molecule has 0 aliphatic carbocycles. The molecular formula is C6H11N3OS. The maximum absolute atomic E-state index is 8.61. The highest BCUT2D eigenvalue weighted by atomic mass is 32.1. The highest BCUT2D eigenvalue weighted by molar-refractivity contribution is 7.14. The van der Waals surface area contributed by atoms with Gasteiger partial charge in [-0.2, -0.15) is 0 Å². The highest BCUT2D eigenvalue weighted by Gasteiger charge is 2.03. The Morgan fingerprint density at radius 3 is 3.00 bits per heavy atom. The summed E-state index contributed by atoms with van der Waals surface area (Å²) in [4.78, 5) is 5.90. The van der Waals surface area contributed by atoms with Crippen molar-refractivity contribution in [2.75, 3.05) is 30.8 Å². The molecule has 0 saturated carbocycles. The number of aliphatic hydroxyl groups excluding tert-OH is 1. The maximum atomic E-state index is 8.61. The minimum atomic E-state index is 0.135. The van der Waals surface area contributed by atoms with Crippen LogP contribution in [0.1, 0.15) is 0 Å². The van der Waals surface area contributed by atoms with Gasteiger partial charge in [0, 0.05) is 19.0 Å². The molecule has 11 heavy (non-hydrogen) atoms. The van der Waals surface area contributed by atoms with E-state index in [-0.39, 0.29) is 6.61 Å². The standard InChI is InChI=1S/C6H11N3OS/c1-9(2-3-10)6-8-5(7)4-11-6/h4,10H,2-3,7H2,1H3. The molecule has 0 fully saturated rings. The number of aromatic nitrogens is 1. The molecular weight excluding hydrogens is 162 g/mol. The second-order valence-corrected chi connectivity index (χ2v) is 3.04. The fourth-order valence-electron chi connectivity index (χ4n) is 0.697. The number of hydrogen-bond donors (Lipinski definition) is 2. The Bertz CT molecular complexity index is 225. The van der Waals surface area contributed by atoms with Crippen LogP contribution in [-0.4, -0.2) is 30.3 Å². The number of rotatable bonds is 3. The van der Waals surface area contributed by atoms with Crippen molar-refractivity contribution in [1.29, 1.82) is 0 Å². The Morgan fingerprint density at radius 1 is 1.82 bits per heavy atom. The minimum Gasteiger partial charge on any atom is -0.395 e. The zero-order valence-corrected chi connectivity index (χ0v) is 7.14. The number of likely N-dealkylation sites (N-methyl/N-ethyl adjacent to an activating group) is 1. The van der Waals surface area contributed by atoms with Crippen LogP contribution >= 0.6 is 11.3 Å². The predicted octanol–water partition coefficient (Wildman–Crippen LogP) is 0.154. The summed E-state index contributed by atoms with van der Waals surface area (Å²) in [5.41, 5.74) is 5.42. The van der Waals surface area contributed by atoms with E-state index in [4.69, 9.17) is 10.8 Å². The second kappa shape index (κ2) is 3.54. The van der Waals surface area contributed by atoms with Crippen molar-refractivity contribution in [2.24, 2.45) is 0 Å². The summed E-state index contributed by atoms with van der Waals surface area (Å²) in [5.74, 6) is 0.537. The van der Waals surface area contributed by atoms with Crippen LogP contribution in [0.25, 0.3) is 0 Å². The largest absolute Gasteiger partial charge is 0.395 e. The first-order valence-corrected chi connectivity index (χ1v) is 4.15. The van der Waals surface area contributed by atoms with E-state index < -0.39 is 0 Å². The highest BCUT2D eigenvalue weighted by Crippen LogP contribution is 2.19. The van der Waals surface area contributed by atoms with Gasteiger partial charge in [0.1, 0.15) is 5.82 Å². The Morgan fingerprint density at radius 2 is 2.55 bits per heavy atom. The number of nitrogens with two attached hydrogens (primary N) is 1. The molecule has 1 heterocycles. The third kappa shape index (κ3) is 2.06. The van der Waals surface area contributed by atoms with Crippen molar-refractivity contribution in [3.8, 4) is 0 Å². The Labute approximate surface area is 69.3 Å². The van der Waals surface area contributed by atoms with Gasteiger partial charge in [0.25, 0.3) is 0 Å². The molecule has 0 atom stereocenters. The molecule has 62 valence electrons. The van der Waals surface area contributed by atoms with E-state index in [1.165, 1.54) is 11.3 Å². The summed E-state index contributed by atoms with van der Waals surface area (Å²) < 4.78 is 0. The van der Waals surface area contributed by atoms with E-state index in [0.717, 1.165) is 5.13 Å². The zero-order valence-electron chi connectivity index (χ0n) is 6.32. The molecule has 3 N–H and O–H groups in total. The lowest BCUT2D eigenvalue weighted by Gasteiger charge is -2.12. The van der Waals surface area contributed by atoms with Gasteiger partial charge < -0.3 is 15.7 Å². The van der Waals surface area contributed by atoms with Crippen LogP contribution in [0.5, 0.6) is 0 Å². The van der Waals surface area contributed by atoms with E-state index in [9.17, 15) is 0 Å². The van der Waals surface area contributed by atoms with Gasteiger partial charge in [-0.25, -0.2) is 4.98 Å². The minimum absolute atomic E-state index is 0.135. The fourth-order valence-corrected chi connectivity index (χ4v) is 1.41. The van der Waals surface area contributed by atoms with Gasteiger partial charge in [0.05, 0.1) is 6.61 Å². The molecule has 0 amide bonds. The second-order valence-electron chi connectivity index (χ2n) is 2.20. The van der Waals surface area contributed by atoms with E-state index in [0.29, 0.717) is 12.4 Å². The van der Waals surface area contributed by atoms with Gasteiger partial charge in [-0.15, -0.1) is 11.3 Å². The van der Waals surface area contributed by atoms with Crippen molar-refractivity contribution in [2.45, 2.75) is 0 Å². The first-order valence-electron chi connectivity index (χ1n) is 3.27. The topological polar surface area (TPSA) is 62.4 Å². The molecule has 0 unspecified atom stereocenters. The van der Waals surface area contributed by atoms with Gasteiger partial charge in [0.15, 0.2) is 5.13 Å². The Balaban J connectivity index is 2.60. The van der Waals surface area contributed by atoms with Crippen LogP contribution in [0.4, 0.5) is 10.9 Å². The molecule has 0 aromatic carbocycles.